The SMILES string of the molecule is CN(C)[C@@H]1C(=O)C(C(N)=O)C(=O)[C@@]2(O)C(=O)C3C(=O)c4c(O)ccc(-c5cccc(CNC6CCC(F)CC6)c5)c4C[C@H]3C[C@@H]12. The second-order valence-electron chi connectivity index (χ2n) is 13.3. The predicted octanol–water partition coefficient (Wildman–Crippen LogP) is 1.90. The molecule has 238 valence electrons. The monoisotopic (exact) mass is 619 g/mol. The van der Waals surface area contributed by atoms with Crippen LogP contribution in [-0.4, -0.2) is 82.1 Å². The third-order valence-corrected chi connectivity index (χ3v) is 10.4. The van der Waals surface area contributed by atoms with Gasteiger partial charge in [-0.3, -0.25) is 28.9 Å². The third kappa shape index (κ3) is 5.01. The van der Waals surface area contributed by atoms with Crippen molar-refractivity contribution in [3.05, 3.63) is 53.1 Å². The molecule has 45 heavy (non-hydrogen) atoms. The second kappa shape index (κ2) is 11.5. The Hall–Kier alpha value is -3.80. The minimum atomic E-state index is -2.76. The van der Waals surface area contributed by atoms with E-state index in [1.165, 1.54) is 11.0 Å². The number of halogens is 1. The van der Waals surface area contributed by atoms with Crippen LogP contribution in [0.25, 0.3) is 11.1 Å². The van der Waals surface area contributed by atoms with Crippen LogP contribution < -0.4 is 11.1 Å². The predicted molar refractivity (Wildman–Crippen MR) is 161 cm³/mol. The number of phenolic OH excluding ortho intramolecular Hbond substituents is 1. The van der Waals surface area contributed by atoms with Crippen molar-refractivity contribution in [1.29, 1.82) is 0 Å². The Bertz CT molecular complexity index is 1600. The number of nitrogens with two attached hydrogens (primary N) is 1. The summed E-state index contributed by atoms with van der Waals surface area (Å²) in [5.74, 6) is -10.7. The highest BCUT2D eigenvalue weighted by molar-refractivity contribution is 6.32. The van der Waals surface area contributed by atoms with Crippen molar-refractivity contribution in [3.8, 4) is 16.9 Å². The van der Waals surface area contributed by atoms with Gasteiger partial charge in [0.05, 0.1) is 17.5 Å². The first kappa shape index (κ1) is 31.2. The van der Waals surface area contributed by atoms with Crippen LogP contribution in [0.2, 0.25) is 0 Å². The lowest BCUT2D eigenvalue weighted by Crippen LogP contribution is -2.74. The standard InChI is InChI=1S/C34H38FN3O7/c1-38(2)28-23-14-18-13-22-21(17-5-3-4-16(12-17)15-37-20-8-6-19(35)7-9-20)10-11-24(39)26(22)29(40)25(18)31(42)34(23,45)32(43)27(30(28)41)33(36)44/h3-5,10-12,18-20,23,25,27-28,37,39,45H,6-9,13-15H2,1-2H3,(H2,36,44)/t18-,19?,20?,23-,25?,27?,28-,34-/m0/s1. The van der Waals surface area contributed by atoms with E-state index in [1.54, 1.807) is 20.2 Å². The number of aromatic hydroxyl groups is 1. The lowest BCUT2D eigenvalue weighted by Gasteiger charge is -2.52. The summed E-state index contributed by atoms with van der Waals surface area (Å²) in [6, 6.07) is 9.98. The van der Waals surface area contributed by atoms with Crippen LogP contribution in [0.1, 0.15) is 53.6 Å². The zero-order valence-corrected chi connectivity index (χ0v) is 25.3. The molecule has 3 saturated carbocycles. The minimum Gasteiger partial charge on any atom is -0.507 e. The lowest BCUT2D eigenvalue weighted by molar-refractivity contribution is -0.181. The van der Waals surface area contributed by atoms with E-state index >= 15 is 0 Å². The molecule has 1 amide bonds. The molecule has 0 spiro atoms. The summed E-state index contributed by atoms with van der Waals surface area (Å²) in [6.07, 6.45) is 2.11. The Morgan fingerprint density at radius 1 is 1.07 bits per heavy atom. The first-order chi connectivity index (χ1) is 21.3. The van der Waals surface area contributed by atoms with E-state index in [4.69, 9.17) is 5.73 Å². The summed E-state index contributed by atoms with van der Waals surface area (Å²) in [6.45, 7) is 0.578. The smallest absolute Gasteiger partial charge is 0.235 e. The number of Topliss-reactive ketones (excluding diaryl/α,β-unsaturated/α-hetero) is 4. The van der Waals surface area contributed by atoms with E-state index in [0.717, 1.165) is 24.0 Å². The molecule has 2 unspecified atom stereocenters. The molecule has 4 aliphatic carbocycles. The van der Waals surface area contributed by atoms with E-state index in [-0.39, 0.29) is 30.2 Å². The number of amides is 1. The molecule has 5 N–H and O–H groups in total. The molecule has 2 aromatic rings. The van der Waals surface area contributed by atoms with Gasteiger partial charge in [0.25, 0.3) is 0 Å². The highest BCUT2D eigenvalue weighted by Crippen LogP contribution is 2.51. The van der Waals surface area contributed by atoms with Gasteiger partial charge in [0.2, 0.25) is 5.91 Å². The van der Waals surface area contributed by atoms with Gasteiger partial charge in [0, 0.05) is 18.5 Å². The number of phenols is 1. The largest absolute Gasteiger partial charge is 0.507 e. The number of likely N-dealkylation sites (N-methyl/N-ethyl adjacent to an activating group) is 1. The molecule has 6 atom stereocenters. The van der Waals surface area contributed by atoms with E-state index in [9.17, 15) is 38.6 Å². The Labute approximate surface area is 260 Å². The number of hydrogen-bond acceptors (Lipinski definition) is 9. The number of aliphatic hydroxyl groups is 1. The quantitative estimate of drug-likeness (QED) is 0.353. The number of fused-ring (bicyclic) bond motifs is 3. The van der Waals surface area contributed by atoms with Crippen molar-refractivity contribution < 1.29 is 38.6 Å². The fraction of sp³-hybridized carbons (Fsp3) is 0.500. The molecule has 3 fully saturated rings. The fourth-order valence-electron chi connectivity index (χ4n) is 8.24. The normalized spacial score (nSPS) is 33.0. The zero-order chi connectivity index (χ0) is 32.4. The van der Waals surface area contributed by atoms with E-state index in [0.29, 0.717) is 30.5 Å². The van der Waals surface area contributed by atoms with Crippen molar-refractivity contribution in [3.63, 3.8) is 0 Å². The molecule has 0 bridgehead atoms. The highest BCUT2D eigenvalue weighted by Gasteiger charge is 2.69. The summed E-state index contributed by atoms with van der Waals surface area (Å²) in [7, 11) is 3.11. The molecular formula is C34H38FN3O7. The van der Waals surface area contributed by atoms with Crippen LogP contribution in [-0.2, 0) is 32.1 Å². The number of benzene rings is 2. The Kier molecular flexibility index (Phi) is 7.99. The number of rotatable bonds is 6. The number of carbonyl (C=O) groups excluding carboxylic acids is 5. The maximum atomic E-state index is 14.0. The number of carbonyl (C=O) groups is 5. The number of alkyl halides is 1. The molecular weight excluding hydrogens is 581 g/mol. The third-order valence-electron chi connectivity index (χ3n) is 10.4. The molecule has 0 radical (unpaired) electrons. The molecule has 6 rings (SSSR count). The highest BCUT2D eigenvalue weighted by atomic mass is 19.1. The van der Waals surface area contributed by atoms with Gasteiger partial charge in [0.1, 0.15) is 11.9 Å². The summed E-state index contributed by atoms with van der Waals surface area (Å²) < 4.78 is 13.6. The van der Waals surface area contributed by atoms with Gasteiger partial charge in [-0.05, 0) is 92.9 Å². The van der Waals surface area contributed by atoms with Crippen LogP contribution in [0.15, 0.2) is 36.4 Å². The average molecular weight is 620 g/mol. The van der Waals surface area contributed by atoms with Crippen molar-refractivity contribution in [2.24, 2.45) is 29.4 Å². The first-order valence-electron chi connectivity index (χ1n) is 15.5. The summed E-state index contributed by atoms with van der Waals surface area (Å²) in [5, 5.41) is 26.1. The van der Waals surface area contributed by atoms with Crippen molar-refractivity contribution in [1.82, 2.24) is 10.2 Å². The first-order valence-corrected chi connectivity index (χ1v) is 15.5. The minimum absolute atomic E-state index is 0.00984. The van der Waals surface area contributed by atoms with Crippen LogP contribution >= 0.6 is 0 Å². The van der Waals surface area contributed by atoms with Crippen molar-refractivity contribution >= 4 is 29.0 Å². The molecule has 10 nitrogen and oxygen atoms in total. The van der Waals surface area contributed by atoms with Crippen LogP contribution in [0.3, 0.4) is 0 Å². The van der Waals surface area contributed by atoms with Crippen LogP contribution in [0.4, 0.5) is 4.39 Å². The van der Waals surface area contributed by atoms with Gasteiger partial charge in [0.15, 0.2) is 34.7 Å². The molecule has 2 aromatic carbocycles. The molecule has 0 heterocycles. The topological polar surface area (TPSA) is 167 Å². The summed E-state index contributed by atoms with van der Waals surface area (Å²) in [5.41, 5.74) is 5.65. The molecule has 0 aliphatic heterocycles. The maximum Gasteiger partial charge on any atom is 0.235 e. The average Bonchev–Trinajstić information content (AvgIpc) is 2.98. The van der Waals surface area contributed by atoms with Gasteiger partial charge in [-0.15, -0.1) is 0 Å². The molecule has 0 saturated heterocycles. The lowest BCUT2D eigenvalue weighted by atomic mass is 9.52. The number of hydrogen-bond donors (Lipinski definition) is 4. The van der Waals surface area contributed by atoms with E-state index in [2.05, 4.69) is 5.32 Å². The second-order valence-corrected chi connectivity index (χ2v) is 13.3. The number of ketones is 4. The van der Waals surface area contributed by atoms with Gasteiger partial charge < -0.3 is 21.3 Å². The van der Waals surface area contributed by atoms with E-state index in [1.807, 2.05) is 24.3 Å². The Morgan fingerprint density at radius 2 is 1.78 bits per heavy atom. The van der Waals surface area contributed by atoms with E-state index < -0.39 is 70.5 Å². The maximum absolute atomic E-state index is 14.0. The molecule has 4 aliphatic rings. The van der Waals surface area contributed by atoms with Gasteiger partial charge in [-0.25, -0.2) is 4.39 Å². The van der Waals surface area contributed by atoms with Crippen molar-refractivity contribution in [2.45, 2.75) is 68.9 Å². The fourth-order valence-corrected chi connectivity index (χ4v) is 8.24. The van der Waals surface area contributed by atoms with Crippen LogP contribution in [0, 0.1) is 23.7 Å². The number of nitrogens with one attached hydrogen (secondary N) is 1. The summed E-state index contributed by atoms with van der Waals surface area (Å²) >= 11 is 0. The van der Waals surface area contributed by atoms with Gasteiger partial charge in [-0.1, -0.05) is 24.3 Å². The van der Waals surface area contributed by atoms with Gasteiger partial charge in [-0.2, -0.15) is 0 Å². The molecule has 0 aromatic heterocycles. The summed E-state index contributed by atoms with van der Waals surface area (Å²) in [4.78, 5) is 68.5. The number of primary amides is 1. The zero-order valence-electron chi connectivity index (χ0n) is 25.3. The Balaban J connectivity index is 1.35. The number of nitrogens with zero attached hydrogens (tertiary/aromatic N) is 1. The van der Waals surface area contributed by atoms with Crippen LogP contribution in [0.5, 0.6) is 5.75 Å². The van der Waals surface area contributed by atoms with Gasteiger partial charge >= 0.3 is 0 Å². The molecule has 11 heteroatoms. The van der Waals surface area contributed by atoms with Crippen molar-refractivity contribution in [2.75, 3.05) is 14.1 Å². The Morgan fingerprint density at radius 3 is 2.44 bits per heavy atom.